The molecule has 2 nitrogen and oxygen atoms in total. The molecule has 0 rings (SSSR count). The summed E-state index contributed by atoms with van der Waals surface area (Å²) < 4.78 is 4.57. The van der Waals surface area contributed by atoms with Crippen LogP contribution in [0.25, 0.3) is 0 Å². The Morgan fingerprint density at radius 3 is 2.40 bits per heavy atom. The Hall–Kier alpha value is -0.180. The van der Waals surface area contributed by atoms with E-state index in [1.807, 2.05) is 11.8 Å². The molecular weight excluding hydrogens is 208 g/mol. The summed E-state index contributed by atoms with van der Waals surface area (Å²) >= 11 is 1.96. The third-order valence-electron chi connectivity index (χ3n) is 2.29. The Bertz CT molecular complexity index is 149. The van der Waals surface area contributed by atoms with Crippen LogP contribution in [0.4, 0.5) is 0 Å². The zero-order valence-electron chi connectivity index (χ0n) is 10.1. The van der Waals surface area contributed by atoms with E-state index < -0.39 is 0 Å². The SMILES string of the molecule is CCCCCCCSCCCC(=O)OC. The molecule has 0 heterocycles. The van der Waals surface area contributed by atoms with Crippen LogP contribution in [0.1, 0.15) is 51.9 Å². The monoisotopic (exact) mass is 232 g/mol. The number of unbranched alkanes of at least 4 members (excludes halogenated alkanes) is 4. The maximum absolute atomic E-state index is 10.8. The van der Waals surface area contributed by atoms with Crippen LogP contribution in [-0.2, 0) is 9.53 Å². The number of hydrogen-bond acceptors (Lipinski definition) is 3. The number of rotatable bonds is 10. The van der Waals surface area contributed by atoms with E-state index in [0.717, 1.165) is 12.2 Å². The molecule has 0 aliphatic heterocycles. The van der Waals surface area contributed by atoms with Crippen LogP contribution in [0, 0.1) is 0 Å². The molecule has 0 unspecified atom stereocenters. The van der Waals surface area contributed by atoms with E-state index in [0.29, 0.717) is 6.42 Å². The van der Waals surface area contributed by atoms with Crippen molar-refractivity contribution in [2.24, 2.45) is 0 Å². The van der Waals surface area contributed by atoms with Crippen LogP contribution in [0.5, 0.6) is 0 Å². The first-order chi connectivity index (χ1) is 7.31. The maximum Gasteiger partial charge on any atom is 0.305 e. The van der Waals surface area contributed by atoms with Crippen molar-refractivity contribution in [2.75, 3.05) is 18.6 Å². The Morgan fingerprint density at radius 2 is 1.73 bits per heavy atom. The lowest BCUT2D eigenvalue weighted by atomic mass is 10.2. The van der Waals surface area contributed by atoms with E-state index in [1.54, 1.807) is 0 Å². The molecule has 0 radical (unpaired) electrons. The van der Waals surface area contributed by atoms with E-state index in [4.69, 9.17) is 0 Å². The number of esters is 1. The summed E-state index contributed by atoms with van der Waals surface area (Å²) in [6, 6.07) is 0. The number of hydrogen-bond donors (Lipinski definition) is 0. The van der Waals surface area contributed by atoms with Crippen LogP contribution >= 0.6 is 11.8 Å². The van der Waals surface area contributed by atoms with Gasteiger partial charge in [-0.15, -0.1) is 0 Å². The van der Waals surface area contributed by atoms with E-state index in [2.05, 4.69) is 11.7 Å². The highest BCUT2D eigenvalue weighted by atomic mass is 32.2. The number of carbonyl (C=O) groups excluding carboxylic acids is 1. The summed E-state index contributed by atoms with van der Waals surface area (Å²) in [5.41, 5.74) is 0. The Kier molecular flexibility index (Phi) is 11.7. The van der Waals surface area contributed by atoms with Crippen molar-refractivity contribution in [3.05, 3.63) is 0 Å². The van der Waals surface area contributed by atoms with Crippen molar-refractivity contribution in [1.82, 2.24) is 0 Å². The fourth-order valence-corrected chi connectivity index (χ4v) is 2.29. The molecule has 90 valence electrons. The van der Waals surface area contributed by atoms with Crippen LogP contribution in [-0.4, -0.2) is 24.6 Å². The van der Waals surface area contributed by atoms with Gasteiger partial charge in [-0.2, -0.15) is 11.8 Å². The molecule has 0 aliphatic rings. The fourth-order valence-electron chi connectivity index (χ4n) is 1.33. The van der Waals surface area contributed by atoms with Crippen LogP contribution < -0.4 is 0 Å². The van der Waals surface area contributed by atoms with Gasteiger partial charge in [0.2, 0.25) is 0 Å². The van der Waals surface area contributed by atoms with Gasteiger partial charge in [-0.1, -0.05) is 32.6 Å². The van der Waals surface area contributed by atoms with Gasteiger partial charge in [-0.25, -0.2) is 0 Å². The second-order valence-electron chi connectivity index (χ2n) is 3.71. The van der Waals surface area contributed by atoms with Crippen molar-refractivity contribution in [3.8, 4) is 0 Å². The molecule has 15 heavy (non-hydrogen) atoms. The van der Waals surface area contributed by atoms with Crippen LogP contribution in [0.15, 0.2) is 0 Å². The lowest BCUT2D eigenvalue weighted by Crippen LogP contribution is -2.00. The summed E-state index contributed by atoms with van der Waals surface area (Å²) in [4.78, 5) is 10.8. The van der Waals surface area contributed by atoms with E-state index in [-0.39, 0.29) is 5.97 Å². The normalized spacial score (nSPS) is 10.3. The number of carbonyl (C=O) groups is 1. The lowest BCUT2D eigenvalue weighted by Gasteiger charge is -2.01. The molecule has 0 spiro atoms. The molecule has 0 N–H and O–H groups in total. The van der Waals surface area contributed by atoms with Crippen molar-refractivity contribution < 1.29 is 9.53 Å². The molecule has 0 aromatic heterocycles. The van der Waals surface area contributed by atoms with Crippen molar-refractivity contribution >= 4 is 17.7 Å². The highest BCUT2D eigenvalue weighted by Crippen LogP contribution is 2.10. The zero-order chi connectivity index (χ0) is 11.4. The minimum absolute atomic E-state index is 0.0847. The van der Waals surface area contributed by atoms with E-state index >= 15 is 0 Å². The number of thioether (sulfide) groups is 1. The summed E-state index contributed by atoms with van der Waals surface area (Å²) in [6.45, 7) is 2.24. The third kappa shape index (κ3) is 11.7. The van der Waals surface area contributed by atoms with Gasteiger partial charge in [0.25, 0.3) is 0 Å². The second-order valence-corrected chi connectivity index (χ2v) is 4.93. The Morgan fingerprint density at radius 1 is 1.07 bits per heavy atom. The Labute approximate surface area is 98.2 Å². The highest BCUT2D eigenvalue weighted by Gasteiger charge is 1.98. The third-order valence-corrected chi connectivity index (χ3v) is 3.44. The molecular formula is C12H24O2S. The van der Waals surface area contributed by atoms with Gasteiger partial charge in [0.15, 0.2) is 0 Å². The predicted octanol–water partition coefficient (Wildman–Crippen LogP) is 3.64. The summed E-state index contributed by atoms with van der Waals surface area (Å²) in [6.07, 6.45) is 8.25. The molecule has 0 saturated carbocycles. The average Bonchev–Trinajstić information content (AvgIpc) is 2.26. The van der Waals surface area contributed by atoms with Crippen molar-refractivity contribution in [2.45, 2.75) is 51.9 Å². The zero-order valence-corrected chi connectivity index (χ0v) is 10.9. The minimum atomic E-state index is -0.0847. The van der Waals surface area contributed by atoms with Crippen molar-refractivity contribution in [1.29, 1.82) is 0 Å². The minimum Gasteiger partial charge on any atom is -0.469 e. The first kappa shape index (κ1) is 14.8. The molecule has 0 aromatic carbocycles. The molecule has 0 aliphatic carbocycles. The smallest absolute Gasteiger partial charge is 0.305 e. The maximum atomic E-state index is 10.8. The van der Waals surface area contributed by atoms with Crippen molar-refractivity contribution in [3.63, 3.8) is 0 Å². The lowest BCUT2D eigenvalue weighted by molar-refractivity contribution is -0.140. The van der Waals surface area contributed by atoms with Gasteiger partial charge >= 0.3 is 5.97 Å². The standard InChI is InChI=1S/C12H24O2S/c1-3-4-5-6-7-10-15-11-8-9-12(13)14-2/h3-11H2,1-2H3. The first-order valence-electron chi connectivity index (χ1n) is 5.95. The van der Waals surface area contributed by atoms with Crippen LogP contribution in [0.2, 0.25) is 0 Å². The second kappa shape index (κ2) is 11.9. The molecule has 0 saturated heterocycles. The number of methoxy groups -OCH3 is 1. The predicted molar refractivity (Wildman–Crippen MR) is 67.3 cm³/mol. The average molecular weight is 232 g/mol. The molecule has 0 atom stereocenters. The molecule has 0 amide bonds. The quantitative estimate of drug-likeness (QED) is 0.425. The highest BCUT2D eigenvalue weighted by molar-refractivity contribution is 7.99. The molecule has 3 heteroatoms. The summed E-state index contributed by atoms with van der Waals surface area (Å²) in [7, 11) is 1.45. The topological polar surface area (TPSA) is 26.3 Å². The van der Waals surface area contributed by atoms with Crippen LogP contribution in [0.3, 0.4) is 0 Å². The van der Waals surface area contributed by atoms with E-state index in [9.17, 15) is 4.79 Å². The van der Waals surface area contributed by atoms with Gasteiger partial charge in [-0.05, 0) is 24.3 Å². The largest absolute Gasteiger partial charge is 0.469 e. The fraction of sp³-hybridized carbons (Fsp3) is 0.917. The molecule has 0 bridgehead atoms. The van der Waals surface area contributed by atoms with Gasteiger partial charge in [0.1, 0.15) is 0 Å². The number of ether oxygens (including phenoxy) is 1. The molecule has 0 fully saturated rings. The van der Waals surface area contributed by atoms with Gasteiger partial charge in [0, 0.05) is 6.42 Å². The Balaban J connectivity index is 2.95. The van der Waals surface area contributed by atoms with E-state index in [1.165, 1.54) is 45.0 Å². The van der Waals surface area contributed by atoms with Gasteiger partial charge in [0.05, 0.1) is 7.11 Å². The summed E-state index contributed by atoms with van der Waals surface area (Å²) in [5, 5.41) is 0. The first-order valence-corrected chi connectivity index (χ1v) is 7.11. The van der Waals surface area contributed by atoms with Gasteiger partial charge < -0.3 is 4.74 Å². The summed E-state index contributed by atoms with van der Waals surface area (Å²) in [5.74, 6) is 2.24. The molecule has 0 aromatic rings. The van der Waals surface area contributed by atoms with Gasteiger partial charge in [-0.3, -0.25) is 4.79 Å².